The Morgan fingerprint density at radius 2 is 1.58 bits per heavy atom. The minimum absolute atomic E-state index is 0.0689. The number of thioether (sulfide) groups is 1. The lowest BCUT2D eigenvalue weighted by molar-refractivity contribution is -0.122. The number of unbranched alkanes of at least 4 members (excludes halogenated alkanes) is 9. The normalized spacial score (nSPS) is 16.6. The SMILES string of the molecule is CCCCCCCCCCCCN1C(=O)/C(=C/c2c(C)c(C#N)c(=O)n(CC)c2N2CCC(Cc3ccccc3)CC2)SC1=S. The number of carbonyl (C=O) groups excluding carboxylic acids is 1. The molecule has 0 bridgehead atoms. The third-order valence-electron chi connectivity index (χ3n) is 9.33. The lowest BCUT2D eigenvalue weighted by atomic mass is 9.90. The number of pyridine rings is 1. The molecule has 0 saturated carbocycles. The van der Waals surface area contributed by atoms with Crippen molar-refractivity contribution < 1.29 is 4.79 Å². The lowest BCUT2D eigenvalue weighted by Gasteiger charge is -2.36. The van der Waals surface area contributed by atoms with Crippen LogP contribution in [0.1, 0.15) is 113 Å². The van der Waals surface area contributed by atoms with Crippen molar-refractivity contribution in [3.05, 3.63) is 67.8 Å². The molecule has 0 aliphatic carbocycles. The van der Waals surface area contributed by atoms with E-state index in [0.717, 1.165) is 56.6 Å². The van der Waals surface area contributed by atoms with Gasteiger partial charge in [0.15, 0.2) is 0 Å². The molecule has 1 aromatic heterocycles. The van der Waals surface area contributed by atoms with Crippen LogP contribution in [0.25, 0.3) is 6.08 Å². The third kappa shape index (κ3) is 9.10. The number of hydrogen-bond donors (Lipinski definition) is 0. The first-order valence-electron chi connectivity index (χ1n) is 17.1. The summed E-state index contributed by atoms with van der Waals surface area (Å²) >= 11 is 7.00. The van der Waals surface area contributed by atoms with Crippen molar-refractivity contribution in [2.75, 3.05) is 24.5 Å². The zero-order valence-electron chi connectivity index (χ0n) is 27.5. The summed E-state index contributed by atoms with van der Waals surface area (Å²) in [6, 6.07) is 12.8. The van der Waals surface area contributed by atoms with Crippen LogP contribution in [-0.2, 0) is 17.8 Å². The van der Waals surface area contributed by atoms with E-state index in [9.17, 15) is 14.9 Å². The van der Waals surface area contributed by atoms with E-state index in [1.54, 1.807) is 9.47 Å². The second kappa shape index (κ2) is 17.7. The van der Waals surface area contributed by atoms with Crippen LogP contribution < -0.4 is 10.5 Å². The van der Waals surface area contributed by atoms with Crippen molar-refractivity contribution in [3.63, 3.8) is 0 Å². The number of nitrogens with zero attached hydrogens (tertiary/aromatic N) is 4. The van der Waals surface area contributed by atoms with E-state index in [4.69, 9.17) is 12.2 Å². The fraction of sp³-hybridized carbons (Fsp3) is 0.568. The van der Waals surface area contributed by atoms with E-state index in [-0.39, 0.29) is 17.0 Å². The van der Waals surface area contributed by atoms with Crippen molar-refractivity contribution in [2.24, 2.45) is 5.92 Å². The van der Waals surface area contributed by atoms with Gasteiger partial charge < -0.3 is 4.90 Å². The molecule has 45 heavy (non-hydrogen) atoms. The summed E-state index contributed by atoms with van der Waals surface area (Å²) in [5.74, 6) is 1.33. The Kier molecular flexibility index (Phi) is 13.8. The average Bonchev–Trinajstić information content (AvgIpc) is 3.31. The second-order valence-electron chi connectivity index (χ2n) is 12.5. The van der Waals surface area contributed by atoms with Crippen LogP contribution in [0, 0.1) is 24.2 Å². The molecule has 4 rings (SSSR count). The molecule has 2 saturated heterocycles. The largest absolute Gasteiger partial charge is 0.357 e. The van der Waals surface area contributed by atoms with Crippen LogP contribution in [0.15, 0.2) is 40.0 Å². The molecule has 0 unspecified atom stereocenters. The fourth-order valence-corrected chi connectivity index (χ4v) is 7.95. The number of nitriles is 1. The Labute approximate surface area is 279 Å². The van der Waals surface area contributed by atoms with Gasteiger partial charge in [-0.05, 0) is 62.7 Å². The predicted octanol–water partition coefficient (Wildman–Crippen LogP) is 8.63. The fourth-order valence-electron chi connectivity index (χ4n) is 6.66. The van der Waals surface area contributed by atoms with E-state index < -0.39 is 0 Å². The van der Waals surface area contributed by atoms with Gasteiger partial charge in [-0.25, -0.2) is 0 Å². The quantitative estimate of drug-likeness (QED) is 0.103. The number of amides is 1. The molecule has 3 heterocycles. The van der Waals surface area contributed by atoms with Gasteiger partial charge in [0.25, 0.3) is 11.5 Å². The summed E-state index contributed by atoms with van der Waals surface area (Å²) in [7, 11) is 0. The summed E-state index contributed by atoms with van der Waals surface area (Å²) in [5, 5.41) is 9.94. The molecular formula is C37H50N4O2S2. The Balaban J connectivity index is 1.46. The van der Waals surface area contributed by atoms with Crippen molar-refractivity contribution >= 4 is 46.1 Å². The number of hydrogen-bond acceptors (Lipinski definition) is 6. The van der Waals surface area contributed by atoms with Gasteiger partial charge in [-0.1, -0.05) is 119 Å². The van der Waals surface area contributed by atoms with Gasteiger partial charge in [0.2, 0.25) is 0 Å². The Morgan fingerprint density at radius 3 is 2.18 bits per heavy atom. The van der Waals surface area contributed by atoms with Crippen molar-refractivity contribution in [1.82, 2.24) is 9.47 Å². The Hall–Kier alpha value is -2.89. The van der Waals surface area contributed by atoms with Crippen LogP contribution in [0.2, 0.25) is 0 Å². The van der Waals surface area contributed by atoms with Gasteiger partial charge >= 0.3 is 0 Å². The standard InChI is InChI=1S/C37H50N4O2S2/c1-4-6-7-8-9-10-11-12-13-17-22-41-36(43)33(45-37(41)44)26-31-28(3)32(27-38)35(42)40(5-2)34(31)39-23-20-30(21-24-39)25-29-18-15-14-16-19-29/h14-16,18-19,26,30H,4-13,17,20-25H2,1-3H3/b33-26-. The van der Waals surface area contributed by atoms with E-state index in [2.05, 4.69) is 48.2 Å². The highest BCUT2D eigenvalue weighted by molar-refractivity contribution is 8.26. The number of anilines is 1. The molecule has 0 spiro atoms. The van der Waals surface area contributed by atoms with E-state index in [1.807, 2.05) is 19.9 Å². The summed E-state index contributed by atoms with van der Waals surface area (Å²) in [6.07, 6.45) is 17.4. The average molecular weight is 647 g/mol. The van der Waals surface area contributed by atoms with Gasteiger partial charge in [-0.15, -0.1) is 0 Å². The topological polar surface area (TPSA) is 69.3 Å². The van der Waals surface area contributed by atoms with Gasteiger partial charge in [0, 0.05) is 31.7 Å². The van der Waals surface area contributed by atoms with Crippen LogP contribution in [0.3, 0.4) is 0 Å². The summed E-state index contributed by atoms with van der Waals surface area (Å²) in [5.41, 5.74) is 2.66. The Morgan fingerprint density at radius 1 is 0.956 bits per heavy atom. The number of piperidine rings is 1. The smallest absolute Gasteiger partial charge is 0.270 e. The van der Waals surface area contributed by atoms with Gasteiger partial charge in [-0.3, -0.25) is 19.1 Å². The first kappa shape index (κ1) is 35.0. The van der Waals surface area contributed by atoms with Crippen LogP contribution in [0.5, 0.6) is 0 Å². The molecule has 2 aliphatic rings. The number of benzene rings is 1. The molecule has 2 fully saturated rings. The number of rotatable bonds is 16. The Bertz CT molecular complexity index is 1440. The minimum Gasteiger partial charge on any atom is -0.357 e. The molecule has 1 aromatic carbocycles. The number of thiocarbonyl (C=S) groups is 1. The highest BCUT2D eigenvalue weighted by atomic mass is 32.2. The van der Waals surface area contributed by atoms with Gasteiger partial charge in [0.05, 0.1) is 4.91 Å². The molecule has 242 valence electrons. The van der Waals surface area contributed by atoms with Crippen LogP contribution in [-0.4, -0.2) is 39.3 Å². The zero-order valence-corrected chi connectivity index (χ0v) is 29.1. The molecule has 1 amide bonds. The van der Waals surface area contributed by atoms with Crippen LogP contribution >= 0.6 is 24.0 Å². The molecule has 0 N–H and O–H groups in total. The second-order valence-corrected chi connectivity index (χ2v) is 14.2. The summed E-state index contributed by atoms with van der Waals surface area (Å²) < 4.78 is 2.31. The summed E-state index contributed by atoms with van der Waals surface area (Å²) in [4.78, 5) is 31.6. The van der Waals surface area contributed by atoms with Crippen molar-refractivity contribution in [2.45, 2.75) is 111 Å². The molecule has 0 atom stereocenters. The molecule has 2 aliphatic heterocycles. The first-order valence-corrected chi connectivity index (χ1v) is 18.3. The minimum atomic E-state index is -0.260. The van der Waals surface area contributed by atoms with Crippen LogP contribution in [0.4, 0.5) is 5.82 Å². The van der Waals surface area contributed by atoms with E-state index in [1.165, 1.54) is 68.7 Å². The number of carbonyl (C=O) groups is 1. The monoisotopic (exact) mass is 646 g/mol. The van der Waals surface area contributed by atoms with Gasteiger partial charge in [0.1, 0.15) is 21.8 Å². The summed E-state index contributed by atoms with van der Waals surface area (Å²) in [6.45, 7) is 8.76. The van der Waals surface area contributed by atoms with Crippen molar-refractivity contribution in [3.8, 4) is 6.07 Å². The maximum Gasteiger partial charge on any atom is 0.270 e. The number of aromatic nitrogens is 1. The first-order chi connectivity index (χ1) is 21.9. The van der Waals surface area contributed by atoms with Crippen molar-refractivity contribution in [1.29, 1.82) is 5.26 Å². The molecular weight excluding hydrogens is 597 g/mol. The van der Waals surface area contributed by atoms with E-state index in [0.29, 0.717) is 33.8 Å². The maximum atomic E-state index is 13.6. The lowest BCUT2D eigenvalue weighted by Crippen LogP contribution is -2.39. The maximum absolute atomic E-state index is 13.6. The molecule has 0 radical (unpaired) electrons. The highest BCUT2D eigenvalue weighted by Crippen LogP contribution is 2.37. The third-order valence-corrected chi connectivity index (χ3v) is 10.7. The molecule has 6 nitrogen and oxygen atoms in total. The molecule has 2 aromatic rings. The van der Waals surface area contributed by atoms with E-state index >= 15 is 0 Å². The highest BCUT2D eigenvalue weighted by Gasteiger charge is 2.33. The zero-order chi connectivity index (χ0) is 32.2. The van der Waals surface area contributed by atoms with Gasteiger partial charge in [-0.2, -0.15) is 5.26 Å². The predicted molar refractivity (Wildman–Crippen MR) is 193 cm³/mol. The molecule has 8 heteroatoms.